The summed E-state index contributed by atoms with van der Waals surface area (Å²) in [5, 5.41) is 2.91. The fourth-order valence-electron chi connectivity index (χ4n) is 2.29. The highest BCUT2D eigenvalue weighted by molar-refractivity contribution is 5.94. The lowest BCUT2D eigenvalue weighted by Crippen LogP contribution is -2.33. The normalized spacial score (nSPS) is 10.1. The van der Waals surface area contributed by atoms with Gasteiger partial charge in [0, 0.05) is 24.0 Å². The highest BCUT2D eigenvalue weighted by Gasteiger charge is 2.10. The molecule has 0 bridgehead atoms. The lowest BCUT2D eigenvalue weighted by atomic mass is 10.2. The van der Waals surface area contributed by atoms with Gasteiger partial charge in [0.05, 0.1) is 13.7 Å². The van der Waals surface area contributed by atoms with Crippen molar-refractivity contribution in [2.75, 3.05) is 30.4 Å². The van der Waals surface area contributed by atoms with Gasteiger partial charge in [0.2, 0.25) is 5.91 Å². The molecular weight excluding hydrogens is 276 g/mol. The summed E-state index contributed by atoms with van der Waals surface area (Å²) in [5.74, 6) is 0.681. The molecule has 0 aliphatic carbocycles. The number of hydrogen-bond donors (Lipinski definition) is 1. The average molecular weight is 298 g/mol. The van der Waals surface area contributed by atoms with Crippen LogP contribution in [0, 0.1) is 6.92 Å². The van der Waals surface area contributed by atoms with E-state index in [0.29, 0.717) is 6.54 Å². The number of rotatable bonds is 6. The predicted octanol–water partition coefficient (Wildman–Crippen LogP) is 3.47. The van der Waals surface area contributed by atoms with E-state index in [4.69, 9.17) is 4.74 Å². The van der Waals surface area contributed by atoms with E-state index < -0.39 is 0 Å². The Bertz CT molecular complexity index is 640. The third kappa shape index (κ3) is 4.25. The van der Waals surface area contributed by atoms with E-state index in [2.05, 4.69) is 11.4 Å². The summed E-state index contributed by atoms with van der Waals surface area (Å²) >= 11 is 0. The first-order chi connectivity index (χ1) is 10.6. The summed E-state index contributed by atoms with van der Waals surface area (Å²) in [7, 11) is 1.61. The zero-order valence-corrected chi connectivity index (χ0v) is 13.3. The molecule has 0 spiro atoms. The summed E-state index contributed by atoms with van der Waals surface area (Å²) in [4.78, 5) is 14.3. The van der Waals surface area contributed by atoms with Crippen molar-refractivity contribution in [3.8, 4) is 5.75 Å². The number of methoxy groups -OCH3 is 1. The molecule has 1 amide bonds. The van der Waals surface area contributed by atoms with Gasteiger partial charge in [-0.2, -0.15) is 0 Å². The zero-order valence-electron chi connectivity index (χ0n) is 13.3. The molecule has 0 atom stereocenters. The number of benzene rings is 2. The van der Waals surface area contributed by atoms with Gasteiger partial charge >= 0.3 is 0 Å². The van der Waals surface area contributed by atoms with E-state index in [9.17, 15) is 4.79 Å². The first kappa shape index (κ1) is 15.9. The fourth-order valence-corrected chi connectivity index (χ4v) is 2.29. The highest BCUT2D eigenvalue weighted by Crippen LogP contribution is 2.18. The van der Waals surface area contributed by atoms with Gasteiger partial charge in [-0.3, -0.25) is 4.79 Å². The van der Waals surface area contributed by atoms with Crippen molar-refractivity contribution >= 4 is 17.3 Å². The van der Waals surface area contributed by atoms with E-state index in [1.54, 1.807) is 13.2 Å². The van der Waals surface area contributed by atoms with Gasteiger partial charge in [-0.15, -0.1) is 0 Å². The highest BCUT2D eigenvalue weighted by atomic mass is 16.5. The molecule has 0 saturated carbocycles. The number of nitrogens with one attached hydrogen (secondary N) is 1. The van der Waals surface area contributed by atoms with E-state index >= 15 is 0 Å². The Balaban J connectivity index is 2.03. The molecule has 2 aromatic carbocycles. The topological polar surface area (TPSA) is 41.6 Å². The van der Waals surface area contributed by atoms with Crippen LogP contribution in [0.5, 0.6) is 5.75 Å². The van der Waals surface area contributed by atoms with Gasteiger partial charge < -0.3 is 15.0 Å². The predicted molar refractivity (Wildman–Crippen MR) is 90.7 cm³/mol. The van der Waals surface area contributed by atoms with Crippen LogP contribution in [0.1, 0.15) is 12.5 Å². The Morgan fingerprint density at radius 2 is 1.95 bits per heavy atom. The van der Waals surface area contributed by atoms with Crippen LogP contribution in [-0.2, 0) is 4.79 Å². The van der Waals surface area contributed by atoms with Crippen LogP contribution < -0.4 is 15.0 Å². The molecule has 0 saturated heterocycles. The van der Waals surface area contributed by atoms with Gasteiger partial charge in [0.1, 0.15) is 5.75 Å². The van der Waals surface area contributed by atoms with Crippen molar-refractivity contribution in [2.45, 2.75) is 13.8 Å². The largest absolute Gasteiger partial charge is 0.497 e. The standard InChI is InChI=1S/C18H22N2O2/c1-4-20(16-9-5-7-14(2)11-16)13-18(21)19-15-8-6-10-17(12-15)22-3/h5-12H,4,13H2,1-3H3,(H,19,21). The number of ether oxygens (including phenoxy) is 1. The Morgan fingerprint density at radius 1 is 1.18 bits per heavy atom. The minimum atomic E-state index is -0.0448. The van der Waals surface area contributed by atoms with Crippen LogP contribution in [0.25, 0.3) is 0 Å². The Kier molecular flexibility index (Phi) is 5.42. The molecule has 4 heteroatoms. The number of aryl methyl sites for hydroxylation is 1. The van der Waals surface area contributed by atoms with E-state index in [-0.39, 0.29) is 5.91 Å². The summed E-state index contributed by atoms with van der Waals surface area (Å²) in [6.45, 7) is 5.18. The molecule has 22 heavy (non-hydrogen) atoms. The Labute approximate surface area is 131 Å². The fraction of sp³-hybridized carbons (Fsp3) is 0.278. The quantitative estimate of drug-likeness (QED) is 0.888. The number of anilines is 2. The van der Waals surface area contributed by atoms with E-state index in [0.717, 1.165) is 23.7 Å². The summed E-state index contributed by atoms with van der Waals surface area (Å²) in [6, 6.07) is 15.5. The third-order valence-corrected chi connectivity index (χ3v) is 3.44. The maximum absolute atomic E-state index is 12.2. The summed E-state index contributed by atoms with van der Waals surface area (Å²) in [6.07, 6.45) is 0. The lowest BCUT2D eigenvalue weighted by Gasteiger charge is -2.23. The zero-order chi connectivity index (χ0) is 15.9. The van der Waals surface area contributed by atoms with Crippen LogP contribution in [0.3, 0.4) is 0 Å². The van der Waals surface area contributed by atoms with Crippen LogP contribution >= 0.6 is 0 Å². The van der Waals surface area contributed by atoms with E-state index in [1.807, 2.05) is 55.1 Å². The van der Waals surface area contributed by atoms with Crippen LogP contribution in [0.2, 0.25) is 0 Å². The van der Waals surface area contributed by atoms with Gasteiger partial charge in [0.15, 0.2) is 0 Å². The number of nitrogens with zero attached hydrogens (tertiary/aromatic N) is 1. The van der Waals surface area contributed by atoms with Gasteiger partial charge in [-0.1, -0.05) is 18.2 Å². The minimum absolute atomic E-state index is 0.0448. The Morgan fingerprint density at radius 3 is 2.64 bits per heavy atom. The second-order valence-corrected chi connectivity index (χ2v) is 5.13. The molecule has 0 aromatic heterocycles. The molecule has 0 aliphatic heterocycles. The van der Waals surface area contributed by atoms with Gasteiger partial charge in [0.25, 0.3) is 0 Å². The van der Waals surface area contributed by atoms with Crippen molar-refractivity contribution in [1.29, 1.82) is 0 Å². The minimum Gasteiger partial charge on any atom is -0.497 e. The first-order valence-corrected chi connectivity index (χ1v) is 7.38. The SMILES string of the molecule is CCN(CC(=O)Nc1cccc(OC)c1)c1cccc(C)c1. The molecule has 4 nitrogen and oxygen atoms in total. The molecule has 2 aromatic rings. The molecule has 0 unspecified atom stereocenters. The number of amides is 1. The van der Waals surface area contributed by atoms with Crippen LogP contribution in [-0.4, -0.2) is 26.1 Å². The van der Waals surface area contributed by atoms with Crippen molar-refractivity contribution in [3.05, 3.63) is 54.1 Å². The van der Waals surface area contributed by atoms with Crippen molar-refractivity contribution < 1.29 is 9.53 Å². The molecule has 116 valence electrons. The maximum Gasteiger partial charge on any atom is 0.243 e. The number of carbonyl (C=O) groups is 1. The summed E-state index contributed by atoms with van der Waals surface area (Å²) in [5.41, 5.74) is 2.98. The average Bonchev–Trinajstić information content (AvgIpc) is 2.52. The van der Waals surface area contributed by atoms with Crippen molar-refractivity contribution in [2.24, 2.45) is 0 Å². The molecule has 1 N–H and O–H groups in total. The van der Waals surface area contributed by atoms with Crippen molar-refractivity contribution in [1.82, 2.24) is 0 Å². The monoisotopic (exact) mass is 298 g/mol. The van der Waals surface area contributed by atoms with Gasteiger partial charge in [-0.25, -0.2) is 0 Å². The first-order valence-electron chi connectivity index (χ1n) is 7.38. The van der Waals surface area contributed by atoms with E-state index in [1.165, 1.54) is 5.56 Å². The lowest BCUT2D eigenvalue weighted by molar-refractivity contribution is -0.115. The second kappa shape index (κ2) is 7.50. The smallest absolute Gasteiger partial charge is 0.243 e. The number of hydrogen-bond acceptors (Lipinski definition) is 3. The second-order valence-electron chi connectivity index (χ2n) is 5.13. The Hall–Kier alpha value is -2.49. The van der Waals surface area contributed by atoms with Crippen LogP contribution in [0.15, 0.2) is 48.5 Å². The molecular formula is C18H22N2O2. The molecule has 0 aliphatic rings. The summed E-state index contributed by atoms with van der Waals surface area (Å²) < 4.78 is 5.16. The maximum atomic E-state index is 12.2. The van der Waals surface area contributed by atoms with Crippen LogP contribution in [0.4, 0.5) is 11.4 Å². The van der Waals surface area contributed by atoms with Gasteiger partial charge in [-0.05, 0) is 43.7 Å². The number of likely N-dealkylation sites (N-methyl/N-ethyl adjacent to an activating group) is 1. The molecule has 0 heterocycles. The van der Waals surface area contributed by atoms with Crippen molar-refractivity contribution in [3.63, 3.8) is 0 Å². The number of carbonyl (C=O) groups excluding carboxylic acids is 1. The molecule has 2 rings (SSSR count). The molecule has 0 radical (unpaired) electrons. The molecule has 0 fully saturated rings. The third-order valence-electron chi connectivity index (χ3n) is 3.44.